The SMILES string of the molecule is Cc1nn(C)c(C)c1NC(=O)CN(C)Cc1ccccc1. The van der Waals surface area contributed by atoms with Crippen LogP contribution in [0, 0.1) is 13.8 Å². The molecule has 5 nitrogen and oxygen atoms in total. The molecule has 0 aliphatic heterocycles. The monoisotopic (exact) mass is 286 g/mol. The van der Waals surface area contributed by atoms with Crippen LogP contribution in [0.4, 0.5) is 5.69 Å². The summed E-state index contributed by atoms with van der Waals surface area (Å²) in [6.07, 6.45) is 0. The second kappa shape index (κ2) is 6.54. The number of benzene rings is 1. The molecule has 1 aromatic heterocycles. The lowest BCUT2D eigenvalue weighted by atomic mass is 10.2. The molecule has 1 heterocycles. The average Bonchev–Trinajstić information content (AvgIpc) is 2.66. The van der Waals surface area contributed by atoms with Gasteiger partial charge in [0.2, 0.25) is 5.91 Å². The first-order chi connectivity index (χ1) is 9.97. The molecule has 0 fully saturated rings. The van der Waals surface area contributed by atoms with E-state index >= 15 is 0 Å². The molecule has 2 aromatic rings. The normalized spacial score (nSPS) is 10.9. The molecule has 0 spiro atoms. The largest absolute Gasteiger partial charge is 0.322 e. The van der Waals surface area contributed by atoms with E-state index in [0.717, 1.165) is 23.6 Å². The summed E-state index contributed by atoms with van der Waals surface area (Å²) in [5.74, 6) is -0.0207. The molecule has 0 unspecified atom stereocenters. The Morgan fingerprint density at radius 3 is 2.52 bits per heavy atom. The molecular weight excluding hydrogens is 264 g/mol. The first-order valence-electron chi connectivity index (χ1n) is 7.00. The summed E-state index contributed by atoms with van der Waals surface area (Å²) < 4.78 is 1.78. The lowest BCUT2D eigenvalue weighted by Gasteiger charge is -2.16. The molecule has 21 heavy (non-hydrogen) atoms. The van der Waals surface area contributed by atoms with Gasteiger partial charge in [0.05, 0.1) is 23.6 Å². The van der Waals surface area contributed by atoms with E-state index in [1.165, 1.54) is 5.56 Å². The van der Waals surface area contributed by atoms with Crippen molar-refractivity contribution in [3.63, 3.8) is 0 Å². The maximum Gasteiger partial charge on any atom is 0.238 e. The van der Waals surface area contributed by atoms with Crippen molar-refractivity contribution in [3.8, 4) is 0 Å². The van der Waals surface area contributed by atoms with E-state index in [1.807, 2.05) is 51.0 Å². The van der Waals surface area contributed by atoms with Crippen molar-refractivity contribution in [3.05, 3.63) is 47.3 Å². The highest BCUT2D eigenvalue weighted by molar-refractivity contribution is 5.93. The van der Waals surface area contributed by atoms with Gasteiger partial charge in [0.25, 0.3) is 0 Å². The van der Waals surface area contributed by atoms with Crippen LogP contribution < -0.4 is 5.32 Å². The highest BCUT2D eigenvalue weighted by atomic mass is 16.2. The highest BCUT2D eigenvalue weighted by Gasteiger charge is 2.13. The number of carbonyl (C=O) groups is 1. The molecule has 0 radical (unpaired) electrons. The molecule has 0 aliphatic rings. The van der Waals surface area contributed by atoms with E-state index in [-0.39, 0.29) is 5.91 Å². The van der Waals surface area contributed by atoms with E-state index in [2.05, 4.69) is 22.5 Å². The fourth-order valence-electron chi connectivity index (χ4n) is 2.33. The quantitative estimate of drug-likeness (QED) is 0.916. The second-order valence-corrected chi connectivity index (χ2v) is 5.38. The van der Waals surface area contributed by atoms with Gasteiger partial charge in [-0.2, -0.15) is 5.10 Å². The Hall–Kier alpha value is -2.14. The first kappa shape index (κ1) is 15.3. The minimum atomic E-state index is -0.0207. The number of anilines is 1. The van der Waals surface area contributed by atoms with Gasteiger partial charge in [-0.3, -0.25) is 14.4 Å². The van der Waals surface area contributed by atoms with Crippen LogP contribution >= 0.6 is 0 Å². The Balaban J connectivity index is 1.92. The highest BCUT2D eigenvalue weighted by Crippen LogP contribution is 2.18. The van der Waals surface area contributed by atoms with Crippen LogP contribution in [-0.4, -0.2) is 34.2 Å². The maximum atomic E-state index is 12.1. The van der Waals surface area contributed by atoms with Gasteiger partial charge < -0.3 is 5.32 Å². The number of rotatable bonds is 5. The molecule has 0 atom stereocenters. The number of carbonyl (C=O) groups excluding carboxylic acids is 1. The minimum Gasteiger partial charge on any atom is -0.322 e. The Kier molecular flexibility index (Phi) is 4.75. The zero-order chi connectivity index (χ0) is 15.4. The number of aryl methyl sites for hydroxylation is 2. The van der Waals surface area contributed by atoms with E-state index < -0.39 is 0 Å². The van der Waals surface area contributed by atoms with Crippen molar-refractivity contribution in [2.24, 2.45) is 7.05 Å². The van der Waals surface area contributed by atoms with Crippen molar-refractivity contribution in [2.75, 3.05) is 18.9 Å². The van der Waals surface area contributed by atoms with Crippen molar-refractivity contribution < 1.29 is 4.79 Å². The predicted molar refractivity (Wildman–Crippen MR) is 84.1 cm³/mol. The lowest BCUT2D eigenvalue weighted by molar-refractivity contribution is -0.117. The van der Waals surface area contributed by atoms with Gasteiger partial charge in [-0.1, -0.05) is 30.3 Å². The summed E-state index contributed by atoms with van der Waals surface area (Å²) in [4.78, 5) is 14.1. The molecule has 5 heteroatoms. The number of likely N-dealkylation sites (N-methyl/N-ethyl adjacent to an activating group) is 1. The van der Waals surface area contributed by atoms with Crippen LogP contribution in [0.2, 0.25) is 0 Å². The Bertz CT molecular complexity index is 619. The van der Waals surface area contributed by atoms with Crippen LogP contribution in [-0.2, 0) is 18.4 Å². The Morgan fingerprint density at radius 1 is 1.29 bits per heavy atom. The van der Waals surface area contributed by atoms with Crippen molar-refractivity contribution in [2.45, 2.75) is 20.4 Å². The van der Waals surface area contributed by atoms with Crippen LogP contribution in [0.3, 0.4) is 0 Å². The molecule has 0 bridgehead atoms. The van der Waals surface area contributed by atoms with Crippen molar-refractivity contribution >= 4 is 11.6 Å². The van der Waals surface area contributed by atoms with Crippen LogP contribution in [0.15, 0.2) is 30.3 Å². The third-order valence-corrected chi connectivity index (χ3v) is 3.48. The summed E-state index contributed by atoms with van der Waals surface area (Å²) >= 11 is 0. The number of amides is 1. The molecule has 1 aromatic carbocycles. The van der Waals surface area contributed by atoms with Gasteiger partial charge in [0.1, 0.15) is 0 Å². The van der Waals surface area contributed by atoms with Crippen molar-refractivity contribution in [1.82, 2.24) is 14.7 Å². The van der Waals surface area contributed by atoms with E-state index in [9.17, 15) is 4.79 Å². The standard InChI is InChI=1S/C16H22N4O/c1-12-16(13(2)20(4)18-12)17-15(21)11-19(3)10-14-8-6-5-7-9-14/h5-9H,10-11H2,1-4H3,(H,17,21). The summed E-state index contributed by atoms with van der Waals surface area (Å²) in [6, 6.07) is 10.1. The van der Waals surface area contributed by atoms with Gasteiger partial charge in [-0.15, -0.1) is 0 Å². The zero-order valence-electron chi connectivity index (χ0n) is 13.1. The zero-order valence-corrected chi connectivity index (χ0v) is 13.1. The van der Waals surface area contributed by atoms with Gasteiger partial charge in [0, 0.05) is 13.6 Å². The molecule has 0 aliphatic carbocycles. The molecular formula is C16H22N4O. The minimum absolute atomic E-state index is 0.0207. The lowest BCUT2D eigenvalue weighted by Crippen LogP contribution is -2.30. The number of aromatic nitrogens is 2. The van der Waals surface area contributed by atoms with Gasteiger partial charge in [-0.05, 0) is 26.5 Å². The fraction of sp³-hybridized carbons (Fsp3) is 0.375. The van der Waals surface area contributed by atoms with Gasteiger partial charge in [-0.25, -0.2) is 0 Å². The van der Waals surface area contributed by atoms with E-state index in [4.69, 9.17) is 0 Å². The fourth-order valence-corrected chi connectivity index (χ4v) is 2.33. The summed E-state index contributed by atoms with van der Waals surface area (Å²) in [6.45, 7) is 4.95. The average molecular weight is 286 g/mol. The Labute approximate surface area is 125 Å². The number of hydrogen-bond donors (Lipinski definition) is 1. The smallest absolute Gasteiger partial charge is 0.238 e. The first-order valence-corrected chi connectivity index (χ1v) is 7.00. The number of nitrogens with one attached hydrogen (secondary N) is 1. The summed E-state index contributed by atoms with van der Waals surface area (Å²) in [5, 5.41) is 7.25. The van der Waals surface area contributed by atoms with E-state index in [1.54, 1.807) is 4.68 Å². The third kappa shape index (κ3) is 3.92. The second-order valence-electron chi connectivity index (χ2n) is 5.38. The topological polar surface area (TPSA) is 50.2 Å². The Morgan fingerprint density at radius 2 is 1.95 bits per heavy atom. The number of hydrogen-bond acceptors (Lipinski definition) is 3. The van der Waals surface area contributed by atoms with Crippen LogP contribution in [0.25, 0.3) is 0 Å². The maximum absolute atomic E-state index is 12.1. The molecule has 1 amide bonds. The molecule has 0 saturated carbocycles. The third-order valence-electron chi connectivity index (χ3n) is 3.48. The van der Waals surface area contributed by atoms with Gasteiger partial charge >= 0.3 is 0 Å². The molecule has 2 rings (SSSR count). The predicted octanol–water partition coefficient (Wildman–Crippen LogP) is 2.11. The number of nitrogens with zero attached hydrogens (tertiary/aromatic N) is 3. The molecule has 1 N–H and O–H groups in total. The van der Waals surface area contributed by atoms with Crippen LogP contribution in [0.1, 0.15) is 17.0 Å². The van der Waals surface area contributed by atoms with Gasteiger partial charge in [0.15, 0.2) is 0 Å². The molecule has 112 valence electrons. The molecule has 0 saturated heterocycles. The van der Waals surface area contributed by atoms with Crippen molar-refractivity contribution in [1.29, 1.82) is 0 Å². The summed E-state index contributed by atoms with van der Waals surface area (Å²) in [7, 11) is 3.81. The van der Waals surface area contributed by atoms with E-state index in [0.29, 0.717) is 6.54 Å². The van der Waals surface area contributed by atoms with Crippen LogP contribution in [0.5, 0.6) is 0 Å². The summed E-state index contributed by atoms with van der Waals surface area (Å²) in [5.41, 5.74) is 3.82.